The van der Waals surface area contributed by atoms with Crippen molar-refractivity contribution in [1.29, 1.82) is 0 Å². The third-order valence-electron chi connectivity index (χ3n) is 4.01. The first-order valence-electron chi connectivity index (χ1n) is 7.49. The maximum absolute atomic E-state index is 12.2. The minimum atomic E-state index is -0.730. The minimum absolute atomic E-state index is 0.0872. The van der Waals surface area contributed by atoms with Crippen LogP contribution in [0.1, 0.15) is 49.5 Å². The van der Waals surface area contributed by atoms with Crippen molar-refractivity contribution in [1.82, 2.24) is 5.32 Å². The first-order chi connectivity index (χ1) is 9.80. The van der Waals surface area contributed by atoms with Crippen molar-refractivity contribution in [2.75, 3.05) is 18.1 Å². The molecule has 1 heterocycles. The molecule has 1 amide bonds. The fourth-order valence-electron chi connectivity index (χ4n) is 2.40. The molecule has 116 valence electrons. The molecule has 1 aliphatic rings. The molecule has 0 spiro atoms. The number of benzene rings is 1. The van der Waals surface area contributed by atoms with E-state index < -0.39 is 5.60 Å². The summed E-state index contributed by atoms with van der Waals surface area (Å²) in [5.41, 5.74) is 1.22. The first-order valence-corrected chi connectivity index (χ1v) is 8.65. The van der Waals surface area contributed by atoms with E-state index in [1.165, 1.54) is 5.56 Å². The van der Waals surface area contributed by atoms with E-state index in [0.717, 1.165) is 24.3 Å². The minimum Gasteiger partial charge on any atom is -0.388 e. The molecular weight excluding hydrogens is 282 g/mol. The van der Waals surface area contributed by atoms with Gasteiger partial charge in [-0.1, -0.05) is 32.9 Å². The second-order valence-electron chi connectivity index (χ2n) is 6.85. The van der Waals surface area contributed by atoms with Crippen LogP contribution in [0.2, 0.25) is 0 Å². The Morgan fingerprint density at radius 1 is 1.24 bits per heavy atom. The van der Waals surface area contributed by atoms with Gasteiger partial charge in [-0.15, -0.1) is 0 Å². The third kappa shape index (κ3) is 4.48. The number of carbonyl (C=O) groups is 1. The van der Waals surface area contributed by atoms with E-state index in [1.807, 2.05) is 36.0 Å². The van der Waals surface area contributed by atoms with Crippen LogP contribution in [0.4, 0.5) is 0 Å². The van der Waals surface area contributed by atoms with Crippen molar-refractivity contribution in [3.8, 4) is 0 Å². The fourth-order valence-corrected chi connectivity index (χ4v) is 3.65. The molecule has 4 heteroatoms. The van der Waals surface area contributed by atoms with Gasteiger partial charge in [-0.3, -0.25) is 4.79 Å². The summed E-state index contributed by atoms with van der Waals surface area (Å²) >= 11 is 1.86. The highest BCUT2D eigenvalue weighted by Gasteiger charge is 2.29. The molecule has 0 aromatic heterocycles. The second-order valence-corrected chi connectivity index (χ2v) is 8.07. The summed E-state index contributed by atoms with van der Waals surface area (Å²) in [4.78, 5) is 12.2. The Kier molecular flexibility index (Phi) is 4.99. The predicted molar refractivity (Wildman–Crippen MR) is 89.0 cm³/mol. The van der Waals surface area contributed by atoms with Gasteiger partial charge in [-0.25, -0.2) is 0 Å². The molecule has 0 atom stereocenters. The van der Waals surface area contributed by atoms with Gasteiger partial charge in [0.2, 0.25) is 0 Å². The molecule has 0 bridgehead atoms. The van der Waals surface area contributed by atoms with Crippen LogP contribution < -0.4 is 5.32 Å². The number of thioether (sulfide) groups is 1. The van der Waals surface area contributed by atoms with Crippen LogP contribution in [-0.4, -0.2) is 34.7 Å². The zero-order valence-corrected chi connectivity index (χ0v) is 13.9. The molecule has 0 saturated carbocycles. The smallest absolute Gasteiger partial charge is 0.251 e. The molecule has 3 nitrogen and oxygen atoms in total. The summed E-state index contributed by atoms with van der Waals surface area (Å²) in [6.45, 7) is 6.80. The van der Waals surface area contributed by atoms with Gasteiger partial charge in [0.15, 0.2) is 0 Å². The van der Waals surface area contributed by atoms with Gasteiger partial charge >= 0.3 is 0 Å². The summed E-state index contributed by atoms with van der Waals surface area (Å²) in [7, 11) is 0. The van der Waals surface area contributed by atoms with E-state index in [9.17, 15) is 9.90 Å². The first kappa shape index (κ1) is 16.4. The van der Waals surface area contributed by atoms with Crippen LogP contribution in [0.5, 0.6) is 0 Å². The Hall–Kier alpha value is -1.00. The predicted octanol–water partition coefficient (Wildman–Crippen LogP) is 2.97. The van der Waals surface area contributed by atoms with Gasteiger partial charge in [0.1, 0.15) is 0 Å². The van der Waals surface area contributed by atoms with Crippen molar-refractivity contribution in [3.63, 3.8) is 0 Å². The molecule has 0 unspecified atom stereocenters. The Balaban J connectivity index is 1.94. The topological polar surface area (TPSA) is 49.3 Å². The van der Waals surface area contributed by atoms with E-state index >= 15 is 0 Å². The van der Waals surface area contributed by atoms with Gasteiger partial charge in [0.05, 0.1) is 5.60 Å². The molecule has 21 heavy (non-hydrogen) atoms. The molecular formula is C17H25NO2S. The Bertz CT molecular complexity index is 485. The van der Waals surface area contributed by atoms with Gasteiger partial charge < -0.3 is 10.4 Å². The third-order valence-corrected chi connectivity index (χ3v) is 5.00. The van der Waals surface area contributed by atoms with E-state index in [0.29, 0.717) is 12.1 Å². The molecule has 0 aliphatic carbocycles. The molecule has 0 radical (unpaired) electrons. The van der Waals surface area contributed by atoms with E-state index in [2.05, 4.69) is 26.1 Å². The van der Waals surface area contributed by atoms with Crippen LogP contribution in [0.15, 0.2) is 24.3 Å². The van der Waals surface area contributed by atoms with Crippen LogP contribution >= 0.6 is 11.8 Å². The standard InChI is InChI=1S/C17H25NO2S/c1-16(2,3)14-6-4-13(5-7-14)15(19)18-12-17(20)8-10-21-11-9-17/h4-7,20H,8-12H2,1-3H3,(H,18,19). The largest absolute Gasteiger partial charge is 0.388 e. The maximum atomic E-state index is 12.2. The highest BCUT2D eigenvalue weighted by molar-refractivity contribution is 7.99. The summed E-state index contributed by atoms with van der Waals surface area (Å²) in [6, 6.07) is 7.72. The zero-order chi connectivity index (χ0) is 15.5. The van der Waals surface area contributed by atoms with E-state index in [4.69, 9.17) is 0 Å². The molecule has 1 fully saturated rings. The molecule has 1 aromatic rings. The van der Waals surface area contributed by atoms with E-state index in [1.54, 1.807) is 0 Å². The summed E-state index contributed by atoms with van der Waals surface area (Å²) < 4.78 is 0. The monoisotopic (exact) mass is 307 g/mol. The lowest BCUT2D eigenvalue weighted by atomic mass is 9.86. The number of nitrogens with one attached hydrogen (secondary N) is 1. The normalized spacial score (nSPS) is 18.3. The average molecular weight is 307 g/mol. The number of hydrogen-bond acceptors (Lipinski definition) is 3. The Morgan fingerprint density at radius 2 is 1.81 bits per heavy atom. The van der Waals surface area contributed by atoms with Crippen molar-refractivity contribution in [2.24, 2.45) is 0 Å². The number of aliphatic hydroxyl groups is 1. The molecule has 1 aliphatic heterocycles. The van der Waals surface area contributed by atoms with Crippen molar-refractivity contribution in [2.45, 2.75) is 44.6 Å². The SMILES string of the molecule is CC(C)(C)c1ccc(C(=O)NCC2(O)CCSCC2)cc1. The molecule has 1 saturated heterocycles. The number of rotatable bonds is 3. The summed E-state index contributed by atoms with van der Waals surface area (Å²) in [5, 5.41) is 13.3. The highest BCUT2D eigenvalue weighted by Crippen LogP contribution is 2.26. The number of amides is 1. The molecule has 2 N–H and O–H groups in total. The van der Waals surface area contributed by atoms with Gasteiger partial charge in [0.25, 0.3) is 5.91 Å². The second kappa shape index (κ2) is 6.41. The van der Waals surface area contributed by atoms with Gasteiger partial charge in [0, 0.05) is 12.1 Å². The average Bonchev–Trinajstić information content (AvgIpc) is 2.45. The van der Waals surface area contributed by atoms with Crippen LogP contribution in [-0.2, 0) is 5.41 Å². The molecule has 1 aromatic carbocycles. The van der Waals surface area contributed by atoms with Crippen LogP contribution in [0, 0.1) is 0 Å². The lowest BCUT2D eigenvalue weighted by Gasteiger charge is -2.31. The Morgan fingerprint density at radius 3 is 2.33 bits per heavy atom. The lowest BCUT2D eigenvalue weighted by Crippen LogP contribution is -2.45. The maximum Gasteiger partial charge on any atom is 0.251 e. The number of hydrogen-bond donors (Lipinski definition) is 2. The van der Waals surface area contributed by atoms with Crippen LogP contribution in [0.25, 0.3) is 0 Å². The van der Waals surface area contributed by atoms with Crippen LogP contribution in [0.3, 0.4) is 0 Å². The van der Waals surface area contributed by atoms with Gasteiger partial charge in [-0.2, -0.15) is 11.8 Å². The zero-order valence-electron chi connectivity index (χ0n) is 13.1. The fraction of sp³-hybridized carbons (Fsp3) is 0.588. The Labute approximate surface area is 131 Å². The molecule has 2 rings (SSSR count). The van der Waals surface area contributed by atoms with Crippen molar-refractivity contribution < 1.29 is 9.90 Å². The summed E-state index contributed by atoms with van der Waals surface area (Å²) in [6.07, 6.45) is 1.50. The van der Waals surface area contributed by atoms with Gasteiger partial charge in [-0.05, 0) is 47.5 Å². The highest BCUT2D eigenvalue weighted by atomic mass is 32.2. The van der Waals surface area contributed by atoms with Crippen molar-refractivity contribution >= 4 is 17.7 Å². The lowest BCUT2D eigenvalue weighted by molar-refractivity contribution is 0.0311. The quantitative estimate of drug-likeness (QED) is 0.902. The summed E-state index contributed by atoms with van der Waals surface area (Å²) in [5.74, 6) is 1.82. The number of carbonyl (C=O) groups excluding carboxylic acids is 1. The van der Waals surface area contributed by atoms with Crippen molar-refractivity contribution in [3.05, 3.63) is 35.4 Å². The van der Waals surface area contributed by atoms with E-state index in [-0.39, 0.29) is 11.3 Å².